The van der Waals surface area contributed by atoms with E-state index in [0.717, 1.165) is 21.8 Å². The van der Waals surface area contributed by atoms with Crippen molar-refractivity contribution < 1.29 is 4.74 Å². The Morgan fingerprint density at radius 1 is 1.41 bits per heavy atom. The Labute approximate surface area is 116 Å². The molecule has 0 saturated heterocycles. The van der Waals surface area contributed by atoms with E-state index in [4.69, 9.17) is 17.0 Å². The van der Waals surface area contributed by atoms with Gasteiger partial charge in [0.1, 0.15) is 17.5 Å². The first kappa shape index (κ1) is 12.7. The molecule has 0 aliphatic carbocycles. The number of nitrogens with one attached hydrogen (secondary N) is 2. The maximum Gasteiger partial charge on any atom is 0.192 e. The van der Waals surface area contributed by atoms with Crippen LogP contribution in [0.25, 0.3) is 0 Å². The highest BCUT2D eigenvalue weighted by Gasteiger charge is 2.00. The Balaban J connectivity index is 1.77. The molecule has 0 unspecified atom stereocenters. The van der Waals surface area contributed by atoms with Crippen molar-refractivity contribution in [1.29, 1.82) is 0 Å². The molecule has 90 valence electrons. The zero-order valence-corrected chi connectivity index (χ0v) is 12.0. The summed E-state index contributed by atoms with van der Waals surface area (Å²) < 4.78 is 7.11. The van der Waals surface area contributed by atoms with Gasteiger partial charge in [-0.1, -0.05) is 12.1 Å². The van der Waals surface area contributed by atoms with E-state index < -0.39 is 0 Å². The number of aromatic nitrogens is 3. The molecule has 0 fully saturated rings. The Hall–Kier alpha value is -0.790. The monoisotopic (exact) mass is 331 g/mol. The summed E-state index contributed by atoms with van der Waals surface area (Å²) in [5.41, 5.74) is 0. The van der Waals surface area contributed by atoms with E-state index in [0.29, 0.717) is 10.7 Å². The van der Waals surface area contributed by atoms with Crippen LogP contribution in [0.5, 0.6) is 5.75 Å². The number of hydrogen-bond acceptors (Lipinski definition) is 4. The van der Waals surface area contributed by atoms with E-state index in [1.165, 1.54) is 0 Å². The summed E-state index contributed by atoms with van der Waals surface area (Å²) in [5, 5.41) is 6.69. The maximum absolute atomic E-state index is 5.60. The highest BCUT2D eigenvalue weighted by Crippen LogP contribution is 2.24. The van der Waals surface area contributed by atoms with E-state index >= 15 is 0 Å². The van der Waals surface area contributed by atoms with Crippen LogP contribution in [0.1, 0.15) is 5.82 Å². The molecule has 0 radical (unpaired) electrons. The van der Waals surface area contributed by atoms with Crippen molar-refractivity contribution in [3.8, 4) is 5.75 Å². The lowest BCUT2D eigenvalue weighted by molar-refractivity contribution is 0.390. The van der Waals surface area contributed by atoms with Crippen LogP contribution in [0.15, 0.2) is 28.7 Å². The van der Waals surface area contributed by atoms with Crippen LogP contribution in [0.4, 0.5) is 0 Å². The smallest absolute Gasteiger partial charge is 0.192 e. The molecular formula is C10H10BrN3OS2. The van der Waals surface area contributed by atoms with Gasteiger partial charge in [0.15, 0.2) is 4.77 Å². The molecule has 4 nitrogen and oxygen atoms in total. The number of thioether (sulfide) groups is 1. The molecule has 0 spiro atoms. The van der Waals surface area contributed by atoms with E-state index in [1.54, 1.807) is 11.8 Å². The van der Waals surface area contributed by atoms with Crippen molar-refractivity contribution in [2.45, 2.75) is 5.75 Å². The van der Waals surface area contributed by atoms with Gasteiger partial charge in [-0.3, -0.25) is 5.10 Å². The second-order valence-corrected chi connectivity index (χ2v) is 5.36. The molecule has 0 aliphatic rings. The van der Waals surface area contributed by atoms with Crippen LogP contribution in [-0.4, -0.2) is 21.1 Å². The van der Waals surface area contributed by atoms with Gasteiger partial charge in [0.05, 0.1) is 10.2 Å². The lowest BCUT2D eigenvalue weighted by atomic mass is 10.3. The van der Waals surface area contributed by atoms with Gasteiger partial charge in [-0.15, -0.1) is 11.8 Å². The molecule has 0 saturated carbocycles. The Kier molecular flexibility index (Phi) is 4.64. The van der Waals surface area contributed by atoms with Crippen LogP contribution in [0.3, 0.4) is 0 Å². The van der Waals surface area contributed by atoms with Crippen molar-refractivity contribution in [3.63, 3.8) is 0 Å². The topological polar surface area (TPSA) is 53.7 Å². The minimum absolute atomic E-state index is 0.548. The second kappa shape index (κ2) is 6.23. The highest BCUT2D eigenvalue weighted by molar-refractivity contribution is 9.10. The molecule has 1 aromatic heterocycles. The van der Waals surface area contributed by atoms with Gasteiger partial charge >= 0.3 is 0 Å². The summed E-state index contributed by atoms with van der Waals surface area (Å²) in [6.45, 7) is 0. The van der Waals surface area contributed by atoms with Crippen molar-refractivity contribution in [3.05, 3.63) is 39.3 Å². The molecule has 0 atom stereocenters. The molecule has 0 aliphatic heterocycles. The predicted octanol–water partition coefficient (Wildman–Crippen LogP) is 3.50. The summed E-state index contributed by atoms with van der Waals surface area (Å²) in [7, 11) is 0. The molecule has 0 amide bonds. The highest BCUT2D eigenvalue weighted by atomic mass is 79.9. The molecule has 2 N–H and O–H groups in total. The largest absolute Gasteiger partial charge is 0.482 e. The molecule has 2 rings (SSSR count). The first-order valence-electron chi connectivity index (χ1n) is 4.84. The standard InChI is InChI=1S/C10H10BrN3OS2/c11-7-3-1-2-4-8(7)15-6-17-5-9-12-10(16)14-13-9/h1-4H,5-6H2,(H2,12,13,14,16). The van der Waals surface area contributed by atoms with Gasteiger partial charge in [0.2, 0.25) is 0 Å². The van der Waals surface area contributed by atoms with Crippen LogP contribution in [0.2, 0.25) is 0 Å². The third-order valence-corrected chi connectivity index (χ3v) is 3.53. The number of ether oxygens (including phenoxy) is 1. The number of nitrogens with zero attached hydrogens (tertiary/aromatic N) is 1. The van der Waals surface area contributed by atoms with Crippen molar-refractivity contribution in [1.82, 2.24) is 15.2 Å². The third-order valence-electron chi connectivity index (χ3n) is 1.92. The van der Waals surface area contributed by atoms with Gasteiger partial charge in [-0.05, 0) is 40.3 Å². The van der Waals surface area contributed by atoms with Crippen molar-refractivity contribution in [2.24, 2.45) is 0 Å². The molecule has 7 heteroatoms. The zero-order valence-electron chi connectivity index (χ0n) is 8.77. The molecule has 2 aromatic rings. The minimum atomic E-state index is 0.548. The first-order chi connectivity index (χ1) is 8.25. The van der Waals surface area contributed by atoms with Gasteiger partial charge in [-0.25, -0.2) is 0 Å². The third kappa shape index (κ3) is 3.86. The summed E-state index contributed by atoms with van der Waals surface area (Å²) >= 11 is 9.93. The van der Waals surface area contributed by atoms with Gasteiger partial charge in [0, 0.05) is 0 Å². The van der Waals surface area contributed by atoms with Crippen LogP contribution < -0.4 is 4.74 Å². The van der Waals surface area contributed by atoms with Crippen LogP contribution in [-0.2, 0) is 5.75 Å². The number of H-pyrrole nitrogens is 2. The molecule has 0 bridgehead atoms. The number of rotatable bonds is 5. The van der Waals surface area contributed by atoms with E-state index in [2.05, 4.69) is 31.1 Å². The van der Waals surface area contributed by atoms with Gasteiger partial charge < -0.3 is 9.72 Å². The lowest BCUT2D eigenvalue weighted by Crippen LogP contribution is -1.95. The fourth-order valence-corrected chi connectivity index (χ4v) is 2.37. The number of halogens is 1. The number of aromatic amines is 2. The molecule has 1 aromatic carbocycles. The SMILES string of the molecule is S=c1[nH]nc(CSCOc2ccccc2Br)[nH]1. The van der Waals surface area contributed by atoms with E-state index in [9.17, 15) is 0 Å². The number of para-hydroxylation sites is 1. The average Bonchev–Trinajstić information content (AvgIpc) is 2.73. The number of benzene rings is 1. The van der Waals surface area contributed by atoms with Crippen molar-refractivity contribution >= 4 is 39.9 Å². The quantitative estimate of drug-likeness (QED) is 0.500. The Bertz CT molecular complexity index is 540. The molecule has 1 heterocycles. The molecular weight excluding hydrogens is 322 g/mol. The average molecular weight is 332 g/mol. The second-order valence-electron chi connectivity index (χ2n) is 3.17. The Morgan fingerprint density at radius 3 is 2.94 bits per heavy atom. The normalized spacial score (nSPS) is 10.4. The Morgan fingerprint density at radius 2 is 2.24 bits per heavy atom. The lowest BCUT2D eigenvalue weighted by Gasteiger charge is -2.06. The van der Waals surface area contributed by atoms with E-state index in [-0.39, 0.29) is 0 Å². The maximum atomic E-state index is 5.60. The van der Waals surface area contributed by atoms with Gasteiger partial charge in [0.25, 0.3) is 0 Å². The first-order valence-corrected chi connectivity index (χ1v) is 7.20. The summed E-state index contributed by atoms with van der Waals surface area (Å²) in [6, 6.07) is 7.77. The van der Waals surface area contributed by atoms with Crippen molar-refractivity contribution in [2.75, 3.05) is 5.94 Å². The fourth-order valence-electron chi connectivity index (χ4n) is 1.18. The summed E-state index contributed by atoms with van der Waals surface area (Å²) in [5.74, 6) is 2.97. The predicted molar refractivity (Wildman–Crippen MR) is 74.7 cm³/mol. The fraction of sp³-hybridized carbons (Fsp3) is 0.200. The van der Waals surface area contributed by atoms with Crippen LogP contribution >= 0.6 is 39.9 Å². The summed E-state index contributed by atoms with van der Waals surface area (Å²) in [6.07, 6.45) is 0. The summed E-state index contributed by atoms with van der Waals surface area (Å²) in [4.78, 5) is 2.95. The van der Waals surface area contributed by atoms with E-state index in [1.807, 2.05) is 24.3 Å². The zero-order chi connectivity index (χ0) is 12.1. The van der Waals surface area contributed by atoms with Gasteiger partial charge in [-0.2, -0.15) is 5.10 Å². The van der Waals surface area contributed by atoms with Crippen LogP contribution in [0, 0.1) is 4.77 Å². The number of hydrogen-bond donors (Lipinski definition) is 2. The minimum Gasteiger partial charge on any atom is -0.482 e. The molecule has 17 heavy (non-hydrogen) atoms.